The zero-order valence-corrected chi connectivity index (χ0v) is 13.1. The van der Waals surface area contributed by atoms with E-state index in [1.807, 2.05) is 56.4 Å². The van der Waals surface area contributed by atoms with E-state index in [0.29, 0.717) is 0 Å². The number of allylic oxidation sites excluding steroid dienone is 2. The topological polar surface area (TPSA) is 12.5 Å². The summed E-state index contributed by atoms with van der Waals surface area (Å²) < 4.78 is 4.12. The van der Waals surface area contributed by atoms with Gasteiger partial charge in [0.15, 0.2) is 12.4 Å². The van der Waals surface area contributed by atoms with Gasteiger partial charge >= 0.3 is 0 Å². The normalized spacial score (nSPS) is 12.0. The van der Waals surface area contributed by atoms with Crippen molar-refractivity contribution >= 4 is 12.4 Å². The third-order valence-corrected chi connectivity index (χ3v) is 1.92. The summed E-state index contributed by atoms with van der Waals surface area (Å²) in [5.74, 6) is 0. The van der Waals surface area contributed by atoms with Crippen molar-refractivity contribution in [3.8, 4) is 0 Å². The van der Waals surface area contributed by atoms with E-state index in [2.05, 4.69) is 43.8 Å². The summed E-state index contributed by atoms with van der Waals surface area (Å²) in [5, 5.41) is 0. The van der Waals surface area contributed by atoms with Gasteiger partial charge in [0.2, 0.25) is 0 Å². The molecule has 0 aromatic heterocycles. The molecule has 0 heterocycles. The van der Waals surface area contributed by atoms with Crippen LogP contribution in [-0.2, 0) is 0 Å². The highest BCUT2D eigenvalue weighted by Crippen LogP contribution is 2.07. The molecule has 0 fully saturated rings. The smallest absolute Gasteiger partial charge is 0.172 e. The van der Waals surface area contributed by atoms with Crippen LogP contribution in [0.3, 0.4) is 0 Å². The first-order valence-electron chi connectivity index (χ1n) is 6.02. The molecule has 0 aliphatic rings. The van der Waals surface area contributed by atoms with Gasteiger partial charge in [-0.25, -0.2) is 9.15 Å². The number of rotatable bonds is 5. The summed E-state index contributed by atoms with van der Waals surface area (Å²) in [4.78, 5) is 4.12. The molecule has 0 aromatic rings. The molecule has 0 saturated heterocycles. The van der Waals surface area contributed by atoms with Gasteiger partial charge in [-0.05, 0) is 0 Å². The van der Waals surface area contributed by atoms with Crippen molar-refractivity contribution in [2.75, 3.05) is 56.4 Å². The van der Waals surface area contributed by atoms with E-state index in [4.69, 9.17) is 0 Å². The van der Waals surface area contributed by atoms with Gasteiger partial charge in [0, 0.05) is 40.6 Å². The fourth-order valence-corrected chi connectivity index (χ4v) is 1.48. The fraction of sp³-hybridized carbons (Fsp3) is 0.571. The summed E-state index contributed by atoms with van der Waals surface area (Å²) >= 11 is 0. The second-order valence-electron chi connectivity index (χ2n) is 5.28. The molecule has 0 spiro atoms. The van der Waals surface area contributed by atoms with Crippen LogP contribution in [0.15, 0.2) is 23.5 Å². The largest absolute Gasteiger partial charge is 0.383 e. The third kappa shape index (κ3) is 7.65. The summed E-state index contributed by atoms with van der Waals surface area (Å²) in [6.45, 7) is 0. The predicted molar refractivity (Wildman–Crippen MR) is 79.9 cm³/mol. The fourth-order valence-electron chi connectivity index (χ4n) is 1.48. The molecule has 0 aliphatic carbocycles. The van der Waals surface area contributed by atoms with Crippen LogP contribution in [0.25, 0.3) is 0 Å². The van der Waals surface area contributed by atoms with E-state index >= 15 is 0 Å². The van der Waals surface area contributed by atoms with Crippen LogP contribution in [0.1, 0.15) is 0 Å². The van der Waals surface area contributed by atoms with Crippen molar-refractivity contribution in [1.82, 2.24) is 9.80 Å². The molecule has 4 nitrogen and oxygen atoms in total. The maximum atomic E-state index is 2.12. The van der Waals surface area contributed by atoms with Crippen LogP contribution in [0.4, 0.5) is 0 Å². The summed E-state index contributed by atoms with van der Waals surface area (Å²) in [6, 6.07) is 0. The maximum Gasteiger partial charge on any atom is 0.172 e. The molecule has 0 amide bonds. The minimum Gasteiger partial charge on any atom is -0.383 e. The molecule has 4 heteroatoms. The standard InChI is InChI=1S/C14H28N4/c1-15(2)9-13(10-16(3)4)14(11-17(5)6)12-18(7)8/h9-12H,1-8H3/q+2. The van der Waals surface area contributed by atoms with Gasteiger partial charge in [-0.1, -0.05) is 0 Å². The van der Waals surface area contributed by atoms with Crippen LogP contribution in [-0.4, -0.2) is 87.8 Å². The van der Waals surface area contributed by atoms with Gasteiger partial charge in [0.25, 0.3) is 0 Å². The van der Waals surface area contributed by atoms with Crippen molar-refractivity contribution in [2.45, 2.75) is 0 Å². The Hall–Kier alpha value is -1.58. The van der Waals surface area contributed by atoms with Crippen LogP contribution < -0.4 is 0 Å². The molecule has 0 rings (SSSR count). The molecule has 0 unspecified atom stereocenters. The Morgan fingerprint density at radius 2 is 0.944 bits per heavy atom. The molecule has 18 heavy (non-hydrogen) atoms. The van der Waals surface area contributed by atoms with Crippen LogP contribution in [0.5, 0.6) is 0 Å². The Balaban J connectivity index is 5.65. The lowest BCUT2D eigenvalue weighted by Gasteiger charge is -2.10. The Morgan fingerprint density at radius 1 is 0.667 bits per heavy atom. The highest BCUT2D eigenvalue weighted by atomic mass is 15.0. The van der Waals surface area contributed by atoms with Crippen molar-refractivity contribution < 1.29 is 9.15 Å². The Labute approximate surface area is 112 Å². The molecule has 0 N–H and O–H groups in total. The number of nitrogens with zero attached hydrogens (tertiary/aromatic N) is 4. The summed E-state index contributed by atoms with van der Waals surface area (Å²) in [5.41, 5.74) is 2.35. The summed E-state index contributed by atoms with van der Waals surface area (Å²) in [7, 11) is 16.3. The Kier molecular flexibility index (Phi) is 7.01. The molecule has 0 bridgehead atoms. The van der Waals surface area contributed by atoms with Gasteiger partial charge in [-0.2, -0.15) is 0 Å². The average molecular weight is 252 g/mol. The monoisotopic (exact) mass is 252 g/mol. The first-order chi connectivity index (χ1) is 8.22. The molecule has 0 saturated carbocycles. The van der Waals surface area contributed by atoms with E-state index in [1.165, 1.54) is 11.1 Å². The van der Waals surface area contributed by atoms with Crippen molar-refractivity contribution in [2.24, 2.45) is 0 Å². The van der Waals surface area contributed by atoms with Crippen LogP contribution >= 0.6 is 0 Å². The summed E-state index contributed by atoms with van der Waals surface area (Å²) in [6.07, 6.45) is 8.48. The van der Waals surface area contributed by atoms with E-state index < -0.39 is 0 Å². The molecule has 0 aromatic carbocycles. The van der Waals surface area contributed by atoms with Gasteiger partial charge in [-0.15, -0.1) is 0 Å². The Bertz CT molecular complexity index is 339. The lowest BCUT2D eigenvalue weighted by atomic mass is 10.1. The van der Waals surface area contributed by atoms with Gasteiger partial charge in [-0.3, -0.25) is 0 Å². The quantitative estimate of drug-likeness (QED) is 0.403. The van der Waals surface area contributed by atoms with Crippen molar-refractivity contribution in [1.29, 1.82) is 0 Å². The molecular formula is C14H28N4+2. The van der Waals surface area contributed by atoms with Crippen LogP contribution in [0, 0.1) is 0 Å². The van der Waals surface area contributed by atoms with E-state index in [0.717, 1.165) is 0 Å². The minimum atomic E-state index is 1.17. The van der Waals surface area contributed by atoms with Crippen LogP contribution in [0.2, 0.25) is 0 Å². The third-order valence-electron chi connectivity index (χ3n) is 1.92. The average Bonchev–Trinajstić information content (AvgIpc) is 2.12. The van der Waals surface area contributed by atoms with Gasteiger partial charge in [0.1, 0.15) is 28.2 Å². The van der Waals surface area contributed by atoms with Gasteiger partial charge in [0.05, 0.1) is 11.1 Å². The SMILES string of the molecule is CN(C)C=C(C=[N+](C)C)C(=CN(C)C)C=[N+](C)C. The van der Waals surface area contributed by atoms with E-state index in [-0.39, 0.29) is 0 Å². The minimum absolute atomic E-state index is 1.17. The van der Waals surface area contributed by atoms with E-state index in [1.54, 1.807) is 0 Å². The lowest BCUT2D eigenvalue weighted by Crippen LogP contribution is -2.14. The second-order valence-corrected chi connectivity index (χ2v) is 5.28. The first kappa shape index (κ1) is 16.4. The Morgan fingerprint density at radius 3 is 1.11 bits per heavy atom. The highest BCUT2D eigenvalue weighted by Gasteiger charge is 2.09. The first-order valence-corrected chi connectivity index (χ1v) is 6.02. The zero-order valence-electron chi connectivity index (χ0n) is 13.1. The zero-order chi connectivity index (χ0) is 14.3. The second kappa shape index (κ2) is 7.69. The molecule has 0 aliphatic heterocycles. The lowest BCUT2D eigenvalue weighted by molar-refractivity contribution is -0.460. The van der Waals surface area contributed by atoms with Crippen molar-refractivity contribution in [3.05, 3.63) is 23.5 Å². The van der Waals surface area contributed by atoms with Gasteiger partial charge < -0.3 is 9.80 Å². The predicted octanol–water partition coefficient (Wildman–Crippen LogP) is 0.563. The molecular weight excluding hydrogens is 224 g/mol. The van der Waals surface area contributed by atoms with Crippen molar-refractivity contribution in [3.63, 3.8) is 0 Å². The highest BCUT2D eigenvalue weighted by molar-refractivity contribution is 5.95. The maximum absolute atomic E-state index is 2.12. The van der Waals surface area contributed by atoms with E-state index in [9.17, 15) is 0 Å². The number of hydrogen-bond acceptors (Lipinski definition) is 2. The molecule has 102 valence electrons. The molecule has 0 atom stereocenters. The number of hydrogen-bond donors (Lipinski definition) is 0. The molecule has 0 radical (unpaired) electrons.